The number of aryl methyl sites for hydroxylation is 4. The monoisotopic (exact) mass is 1090 g/mol. The number of nitrogens with one attached hydrogen (secondary N) is 4. The number of hydrogen-bond donors (Lipinski definition) is 5. The second-order valence-corrected chi connectivity index (χ2v) is 19.1. The van der Waals surface area contributed by atoms with Crippen LogP contribution in [0.1, 0.15) is 101 Å². The number of anilines is 4. The number of nitrogens with zero attached hydrogens (tertiary/aromatic N) is 3. The Morgan fingerprint density at radius 1 is 0.654 bits per heavy atom. The molecular weight excluding hydrogens is 1020 g/mol. The molecule has 4 amide bonds. The Labute approximate surface area is 471 Å². The summed E-state index contributed by atoms with van der Waals surface area (Å²) in [6, 6.07) is 40.7. The number of nitrogens with two attached hydrogens (primary N) is 1. The van der Waals surface area contributed by atoms with Crippen LogP contribution in [0.15, 0.2) is 158 Å². The third-order valence-corrected chi connectivity index (χ3v) is 12.8. The van der Waals surface area contributed by atoms with Crippen molar-refractivity contribution in [2.75, 3.05) is 35.9 Å². The van der Waals surface area contributed by atoms with Crippen molar-refractivity contribution in [3.63, 3.8) is 0 Å². The van der Waals surface area contributed by atoms with Crippen LogP contribution in [-0.2, 0) is 35.9 Å². The maximum atomic E-state index is 13.7. The highest BCUT2D eigenvalue weighted by Gasteiger charge is 2.33. The summed E-state index contributed by atoms with van der Waals surface area (Å²) in [5.74, 6) is 2.40. The lowest BCUT2D eigenvalue weighted by Crippen LogP contribution is -2.42. The van der Waals surface area contributed by atoms with Crippen molar-refractivity contribution in [2.45, 2.75) is 74.0 Å². The smallest absolute Gasteiger partial charge is 0.258 e. The van der Waals surface area contributed by atoms with Crippen LogP contribution in [0.25, 0.3) is 0 Å². The van der Waals surface area contributed by atoms with Crippen molar-refractivity contribution >= 4 is 52.7 Å². The lowest BCUT2D eigenvalue weighted by atomic mass is 10.0. The molecule has 81 heavy (non-hydrogen) atoms. The third kappa shape index (κ3) is 15.8. The number of rotatable bonds is 17. The van der Waals surface area contributed by atoms with Crippen molar-refractivity contribution < 1.29 is 42.9 Å². The zero-order chi connectivity index (χ0) is 58.0. The Bertz CT molecular complexity index is 3480. The predicted octanol–water partition coefficient (Wildman–Crippen LogP) is 11.3. The molecule has 6 N–H and O–H groups in total. The van der Waals surface area contributed by atoms with Gasteiger partial charge >= 0.3 is 0 Å². The Morgan fingerprint density at radius 2 is 1.19 bits per heavy atom. The first-order chi connectivity index (χ1) is 39.0. The van der Waals surface area contributed by atoms with Gasteiger partial charge in [0.15, 0.2) is 0 Å². The highest BCUT2D eigenvalue weighted by Crippen LogP contribution is 2.37. The molecule has 0 saturated carbocycles. The molecule has 1 aliphatic heterocycles. The number of amides is 4. The molecule has 0 fully saturated rings. The van der Waals surface area contributed by atoms with Crippen LogP contribution in [0.4, 0.5) is 22.7 Å². The van der Waals surface area contributed by atoms with Crippen molar-refractivity contribution in [2.24, 2.45) is 0 Å². The molecule has 1 unspecified atom stereocenters. The van der Waals surface area contributed by atoms with E-state index in [1.165, 1.54) is 13.8 Å². The number of carbonyl (C=O) groups is 5. The second kappa shape index (κ2) is 28.0. The van der Waals surface area contributed by atoms with Gasteiger partial charge in [0.25, 0.3) is 11.8 Å². The molecule has 0 radical (unpaired) electrons. The summed E-state index contributed by atoms with van der Waals surface area (Å²) in [6.45, 7) is 12.1. The number of hydrogen-bond acceptors (Lipinski definition) is 13. The van der Waals surface area contributed by atoms with Crippen LogP contribution in [-0.4, -0.2) is 59.0 Å². The number of nitrogen functional groups attached to an aromatic ring is 1. The van der Waals surface area contributed by atoms with Gasteiger partial charge in [0, 0.05) is 91.2 Å². The van der Waals surface area contributed by atoms with Gasteiger partial charge in [-0.25, -0.2) is 0 Å². The minimum Gasteiger partial charge on any atom is -0.496 e. The van der Waals surface area contributed by atoms with Gasteiger partial charge < -0.3 is 50.8 Å². The molecule has 0 aliphatic carbocycles. The van der Waals surface area contributed by atoms with E-state index in [0.717, 1.165) is 84.9 Å². The Morgan fingerprint density at radius 3 is 1.72 bits per heavy atom. The van der Waals surface area contributed by atoms with E-state index < -0.39 is 6.17 Å². The molecule has 1 atom stereocenters. The number of aldehydes is 1. The quantitative estimate of drug-likeness (QED) is 0.0423. The number of aromatic nitrogens is 2. The molecule has 17 heteroatoms. The van der Waals surface area contributed by atoms with Crippen LogP contribution in [0.2, 0.25) is 0 Å². The van der Waals surface area contributed by atoms with E-state index in [-0.39, 0.29) is 36.8 Å². The Kier molecular flexibility index (Phi) is 20.3. The van der Waals surface area contributed by atoms with Gasteiger partial charge in [-0.2, -0.15) is 0 Å². The topological polar surface area (TPSA) is 225 Å². The van der Waals surface area contributed by atoms with E-state index in [1.54, 1.807) is 81.5 Å². The maximum absolute atomic E-state index is 13.7. The number of ether oxygens (including phenoxy) is 4. The fraction of sp³-hybridized carbons (Fsp3) is 0.203. The normalized spacial score (nSPS) is 12.1. The molecule has 0 saturated heterocycles. The van der Waals surface area contributed by atoms with E-state index >= 15 is 0 Å². The minimum absolute atomic E-state index is 0.0534. The van der Waals surface area contributed by atoms with Crippen LogP contribution in [0.5, 0.6) is 23.0 Å². The Balaban J connectivity index is 0.000000195. The fourth-order valence-electron chi connectivity index (χ4n) is 9.16. The lowest BCUT2D eigenvalue weighted by molar-refractivity contribution is -0.115. The number of carbonyl (C=O) groups excluding carboxylic acids is 5. The van der Waals surface area contributed by atoms with E-state index in [1.807, 2.05) is 124 Å². The predicted molar refractivity (Wildman–Crippen MR) is 314 cm³/mol. The number of para-hydroxylation sites is 2. The number of benzene rings is 6. The molecule has 1 aliphatic rings. The van der Waals surface area contributed by atoms with Gasteiger partial charge in [-0.15, -0.1) is 0 Å². The van der Waals surface area contributed by atoms with Crippen molar-refractivity contribution in [3.05, 3.63) is 225 Å². The molecule has 17 nitrogen and oxygen atoms in total. The van der Waals surface area contributed by atoms with E-state index in [9.17, 15) is 24.0 Å². The summed E-state index contributed by atoms with van der Waals surface area (Å²) in [6.07, 6.45) is 7.29. The van der Waals surface area contributed by atoms with Gasteiger partial charge in [0.1, 0.15) is 48.7 Å². The maximum Gasteiger partial charge on any atom is 0.258 e. The molecule has 0 spiro atoms. The third-order valence-electron chi connectivity index (χ3n) is 12.8. The average molecular weight is 1090 g/mol. The van der Waals surface area contributed by atoms with Crippen LogP contribution < -0.4 is 45.9 Å². The number of fused-ring (bicyclic) bond motifs is 1. The van der Waals surface area contributed by atoms with Gasteiger partial charge in [0.2, 0.25) is 11.8 Å². The van der Waals surface area contributed by atoms with Crippen LogP contribution in [0.3, 0.4) is 0 Å². The number of methoxy groups -OCH3 is 2. The largest absolute Gasteiger partial charge is 0.496 e. The molecule has 2 aromatic heterocycles. The Hall–Kier alpha value is -10.0. The van der Waals surface area contributed by atoms with Crippen molar-refractivity contribution in [3.8, 4) is 23.0 Å². The van der Waals surface area contributed by atoms with Gasteiger partial charge in [-0.1, -0.05) is 42.5 Å². The molecule has 8 aromatic rings. The average Bonchev–Trinajstić information content (AvgIpc) is 3.46. The molecule has 416 valence electrons. The SMILES string of the molecule is COc1ccc(C2Nc3ccccc3C(=O)N2Cc2cccnc2)cc1COc1c(C)cc(NC(C)=O)cc1C.COc1ccc(C=O)cc1COc1c(C)cc(NC(C)=O)cc1C.Nc1ccccc1C(=O)NCc1cccnc1. The molecule has 3 heterocycles. The standard InChI is InChI=1S/C32H32N4O4.C19H21NO4.C13H13N3O/c1-20-14-26(34-22(3)37)15-21(2)30(20)40-19-25-16-24(11-12-29(25)39-4)31-35-28-10-6-5-9-27(28)32(38)36(31)18-23-8-7-13-33-17-23;1-12-7-17(20-14(3)22)8-13(2)19(12)24-11-16-9-15(10-21)5-6-18(16)23-4;14-12-6-2-1-5-11(12)13(17)16-9-10-4-3-7-15-8-10/h5-17,31,35H,18-19H2,1-4H3,(H,34,37);5-10H,11H2,1-4H3,(H,20,22);1-8H,9,14H2,(H,16,17). The first-order valence-corrected chi connectivity index (χ1v) is 25.9. The summed E-state index contributed by atoms with van der Waals surface area (Å²) in [7, 11) is 3.21. The molecule has 0 bridgehead atoms. The summed E-state index contributed by atoms with van der Waals surface area (Å²) < 4.78 is 23.2. The van der Waals surface area contributed by atoms with E-state index in [2.05, 4.69) is 31.2 Å². The van der Waals surface area contributed by atoms with Crippen LogP contribution >= 0.6 is 0 Å². The summed E-state index contributed by atoms with van der Waals surface area (Å²) in [5.41, 5.74) is 18.3. The van der Waals surface area contributed by atoms with Crippen LogP contribution in [0, 0.1) is 27.7 Å². The summed E-state index contributed by atoms with van der Waals surface area (Å²) in [4.78, 5) is 69.2. The first kappa shape index (κ1) is 58.6. The van der Waals surface area contributed by atoms with Gasteiger partial charge in [-0.3, -0.25) is 33.9 Å². The minimum atomic E-state index is -0.410. The molecule has 6 aromatic carbocycles. The van der Waals surface area contributed by atoms with E-state index in [4.69, 9.17) is 24.7 Å². The van der Waals surface area contributed by atoms with Crippen molar-refractivity contribution in [1.29, 1.82) is 0 Å². The number of pyridine rings is 2. The summed E-state index contributed by atoms with van der Waals surface area (Å²) in [5, 5.41) is 11.9. The second-order valence-electron chi connectivity index (χ2n) is 19.1. The van der Waals surface area contributed by atoms with Crippen molar-refractivity contribution in [1.82, 2.24) is 20.2 Å². The zero-order valence-corrected chi connectivity index (χ0v) is 46.6. The first-order valence-electron chi connectivity index (χ1n) is 25.9. The lowest BCUT2D eigenvalue weighted by Gasteiger charge is -2.38. The van der Waals surface area contributed by atoms with Gasteiger partial charge in [-0.05, 0) is 158 Å². The van der Waals surface area contributed by atoms with E-state index in [0.29, 0.717) is 47.0 Å². The fourth-order valence-corrected chi connectivity index (χ4v) is 9.16. The highest BCUT2D eigenvalue weighted by atomic mass is 16.5. The van der Waals surface area contributed by atoms with Gasteiger partial charge in [0.05, 0.1) is 25.3 Å². The highest BCUT2D eigenvalue weighted by molar-refractivity contribution is 6.02. The zero-order valence-electron chi connectivity index (χ0n) is 46.6. The molecular formula is C64H66N8O9. The molecule has 9 rings (SSSR count). The summed E-state index contributed by atoms with van der Waals surface area (Å²) >= 11 is 0.